The molecule has 0 amide bonds. The van der Waals surface area contributed by atoms with Crippen molar-refractivity contribution in [3.05, 3.63) is 0 Å². The third kappa shape index (κ3) is 6.25. The molecule has 0 radical (unpaired) electrons. The van der Waals surface area contributed by atoms with Crippen LogP contribution >= 0.6 is 0 Å². The van der Waals surface area contributed by atoms with Gasteiger partial charge in [-0.15, -0.1) is 0 Å². The van der Waals surface area contributed by atoms with Crippen LogP contribution in [0.4, 0.5) is 0 Å². The van der Waals surface area contributed by atoms with Gasteiger partial charge in [0.1, 0.15) is 0 Å². The molecule has 68 valence electrons. The molecule has 0 unspecified atom stereocenters. The minimum Gasteiger partial charge on any atom is -0.356 e. The Morgan fingerprint density at radius 2 is 1.36 bits per heavy atom. The van der Waals surface area contributed by atoms with Crippen LogP contribution in [0.1, 0.15) is 13.8 Å². The topological polar surface area (TPSA) is 73.7 Å². The second-order valence-corrected chi connectivity index (χ2v) is 2.80. The predicted octanol–water partition coefficient (Wildman–Crippen LogP) is -1.76. The number of ether oxygens (including phenoxy) is 2. The molecule has 0 rings (SSSR count). The lowest BCUT2D eigenvalue weighted by Gasteiger charge is -2.24. The molecule has 0 atom stereocenters. The lowest BCUT2D eigenvalue weighted by atomic mass is 10.4. The predicted molar refractivity (Wildman–Crippen MR) is 41.5 cm³/mol. The third-order valence-corrected chi connectivity index (χ3v) is 1.19. The van der Waals surface area contributed by atoms with E-state index in [9.17, 15) is 0 Å². The van der Waals surface area contributed by atoms with Crippen LogP contribution in [-0.4, -0.2) is 32.1 Å². The maximum absolute atomic E-state index is 5.37. The quantitative estimate of drug-likeness (QED) is 0.456. The zero-order chi connectivity index (χ0) is 8.74. The van der Waals surface area contributed by atoms with Crippen molar-refractivity contribution in [3.8, 4) is 0 Å². The van der Waals surface area contributed by atoms with Gasteiger partial charge in [-0.05, 0) is 13.8 Å². The van der Waals surface area contributed by atoms with Gasteiger partial charge in [0.15, 0.2) is 5.79 Å². The molecule has 4 heteroatoms. The van der Waals surface area contributed by atoms with Crippen molar-refractivity contribution in [3.63, 3.8) is 0 Å². The molecule has 0 saturated heterocycles. The first-order valence-corrected chi connectivity index (χ1v) is 3.99. The molecule has 0 bridgehead atoms. The summed E-state index contributed by atoms with van der Waals surface area (Å²) >= 11 is 0. The molecule has 0 heterocycles. The maximum Gasteiger partial charge on any atom is 0.163 e. The molecular formula is C7H20N2O2+2. The van der Waals surface area contributed by atoms with Crippen molar-refractivity contribution in [1.82, 2.24) is 0 Å². The normalized spacial score (nSPS) is 12.0. The van der Waals surface area contributed by atoms with Gasteiger partial charge < -0.3 is 20.9 Å². The summed E-state index contributed by atoms with van der Waals surface area (Å²) in [5, 5.41) is 0. The molecule has 0 aromatic rings. The summed E-state index contributed by atoms with van der Waals surface area (Å²) in [6, 6.07) is 0. The van der Waals surface area contributed by atoms with Crippen LogP contribution in [0, 0.1) is 0 Å². The summed E-state index contributed by atoms with van der Waals surface area (Å²) in [6.45, 7) is 6.64. The van der Waals surface area contributed by atoms with Crippen LogP contribution in [0.2, 0.25) is 0 Å². The van der Waals surface area contributed by atoms with Gasteiger partial charge in [0, 0.05) is 0 Å². The standard InChI is InChI=1S/C7H18N2O2/c1-7(2,10-5-3-8)11-6-4-9/h3-6,8-9H2,1-2H3/p+2. The minimum atomic E-state index is -0.477. The Bertz CT molecular complexity index is 86.4. The van der Waals surface area contributed by atoms with Crippen molar-refractivity contribution in [1.29, 1.82) is 0 Å². The number of rotatable bonds is 6. The van der Waals surface area contributed by atoms with Crippen molar-refractivity contribution < 1.29 is 20.9 Å². The van der Waals surface area contributed by atoms with Crippen LogP contribution < -0.4 is 11.5 Å². The van der Waals surface area contributed by atoms with Crippen molar-refractivity contribution >= 4 is 0 Å². The molecule has 0 aromatic carbocycles. The highest BCUT2D eigenvalue weighted by molar-refractivity contribution is 4.52. The van der Waals surface area contributed by atoms with Crippen molar-refractivity contribution in [2.24, 2.45) is 0 Å². The highest BCUT2D eigenvalue weighted by Crippen LogP contribution is 2.09. The van der Waals surface area contributed by atoms with Gasteiger partial charge in [-0.25, -0.2) is 0 Å². The Balaban J connectivity index is 3.43. The summed E-state index contributed by atoms with van der Waals surface area (Å²) in [6.07, 6.45) is 0. The first kappa shape index (κ1) is 10.8. The van der Waals surface area contributed by atoms with Gasteiger partial charge in [0.2, 0.25) is 0 Å². The van der Waals surface area contributed by atoms with E-state index in [1.807, 2.05) is 13.8 Å². The van der Waals surface area contributed by atoms with Gasteiger partial charge in [-0.2, -0.15) is 0 Å². The molecule has 4 nitrogen and oxygen atoms in total. The molecule has 0 aromatic heterocycles. The van der Waals surface area contributed by atoms with Crippen molar-refractivity contribution in [2.75, 3.05) is 26.3 Å². The number of hydrogen-bond donors (Lipinski definition) is 2. The van der Waals surface area contributed by atoms with Gasteiger partial charge in [-0.3, -0.25) is 0 Å². The van der Waals surface area contributed by atoms with E-state index < -0.39 is 5.79 Å². The Morgan fingerprint density at radius 1 is 1.00 bits per heavy atom. The molecule has 0 fully saturated rings. The molecule has 0 spiro atoms. The lowest BCUT2D eigenvalue weighted by Crippen LogP contribution is -2.54. The first-order chi connectivity index (χ1) is 5.12. The van der Waals surface area contributed by atoms with Gasteiger partial charge in [-0.1, -0.05) is 0 Å². The van der Waals surface area contributed by atoms with Crippen LogP contribution in [-0.2, 0) is 9.47 Å². The molecule has 11 heavy (non-hydrogen) atoms. The summed E-state index contributed by atoms with van der Waals surface area (Å²) in [4.78, 5) is 0. The highest BCUT2D eigenvalue weighted by Gasteiger charge is 2.17. The number of quaternary nitrogens is 2. The first-order valence-electron chi connectivity index (χ1n) is 3.99. The summed E-state index contributed by atoms with van der Waals surface area (Å²) in [5.41, 5.74) is 7.35. The van der Waals surface area contributed by atoms with Gasteiger partial charge in [0.25, 0.3) is 0 Å². The zero-order valence-electron chi connectivity index (χ0n) is 7.56. The van der Waals surface area contributed by atoms with E-state index in [4.69, 9.17) is 9.47 Å². The van der Waals surface area contributed by atoms with Gasteiger partial charge in [0.05, 0.1) is 26.3 Å². The second kappa shape index (κ2) is 5.49. The maximum atomic E-state index is 5.37. The average Bonchev–Trinajstić information content (AvgIpc) is 1.97. The third-order valence-electron chi connectivity index (χ3n) is 1.19. The van der Waals surface area contributed by atoms with E-state index in [0.717, 1.165) is 13.1 Å². The molecule has 0 aliphatic carbocycles. The van der Waals surface area contributed by atoms with Gasteiger partial charge >= 0.3 is 0 Å². The smallest absolute Gasteiger partial charge is 0.163 e. The van der Waals surface area contributed by atoms with E-state index in [1.165, 1.54) is 0 Å². The van der Waals surface area contributed by atoms with Crippen LogP contribution in [0.25, 0.3) is 0 Å². The van der Waals surface area contributed by atoms with Crippen LogP contribution in [0.5, 0.6) is 0 Å². The largest absolute Gasteiger partial charge is 0.356 e. The Labute approximate surface area is 67.8 Å². The average molecular weight is 164 g/mol. The highest BCUT2D eigenvalue weighted by atomic mass is 16.7. The summed E-state index contributed by atoms with van der Waals surface area (Å²) < 4.78 is 10.7. The van der Waals surface area contributed by atoms with E-state index in [0.29, 0.717) is 13.2 Å². The Kier molecular flexibility index (Phi) is 5.41. The van der Waals surface area contributed by atoms with E-state index >= 15 is 0 Å². The summed E-state index contributed by atoms with van der Waals surface area (Å²) in [7, 11) is 0. The fraction of sp³-hybridized carbons (Fsp3) is 1.00. The summed E-state index contributed by atoms with van der Waals surface area (Å²) in [5.74, 6) is -0.477. The minimum absolute atomic E-state index is 0.477. The van der Waals surface area contributed by atoms with E-state index in [-0.39, 0.29) is 0 Å². The van der Waals surface area contributed by atoms with E-state index in [1.54, 1.807) is 0 Å². The SMILES string of the molecule is CC(C)(OCC[NH3+])OCC[NH3+]. The Morgan fingerprint density at radius 3 is 1.64 bits per heavy atom. The van der Waals surface area contributed by atoms with Crippen LogP contribution in [0.3, 0.4) is 0 Å². The second-order valence-electron chi connectivity index (χ2n) is 2.80. The fourth-order valence-corrected chi connectivity index (χ4v) is 0.678. The lowest BCUT2D eigenvalue weighted by molar-refractivity contribution is -0.394. The monoisotopic (exact) mass is 164 g/mol. The molecule has 0 aliphatic heterocycles. The fourth-order valence-electron chi connectivity index (χ4n) is 0.678. The molecule has 0 aliphatic rings. The van der Waals surface area contributed by atoms with Crippen LogP contribution in [0.15, 0.2) is 0 Å². The zero-order valence-corrected chi connectivity index (χ0v) is 7.56. The Hall–Kier alpha value is -0.160. The number of hydrogen-bond acceptors (Lipinski definition) is 2. The van der Waals surface area contributed by atoms with E-state index in [2.05, 4.69) is 11.5 Å². The molecule has 6 N–H and O–H groups in total. The van der Waals surface area contributed by atoms with Crippen molar-refractivity contribution in [2.45, 2.75) is 19.6 Å². The molecule has 0 saturated carbocycles. The molecular weight excluding hydrogens is 144 g/mol.